The molecule has 3 heterocycles. The number of aromatic nitrogens is 1. The van der Waals surface area contributed by atoms with Crippen molar-refractivity contribution in [3.8, 4) is 17.2 Å². The van der Waals surface area contributed by atoms with E-state index in [2.05, 4.69) is 4.98 Å². The number of ether oxygens (including phenoxy) is 3. The van der Waals surface area contributed by atoms with Gasteiger partial charge in [0.2, 0.25) is 6.79 Å². The number of Topliss-reactive ketones (excluding diaryl/α,β-unsaturated/α-hetero) is 1. The Hall–Kier alpha value is -4.33. The molecule has 34 heavy (non-hydrogen) atoms. The van der Waals surface area contributed by atoms with Gasteiger partial charge in [-0.05, 0) is 48.4 Å². The maximum atomic E-state index is 13.3. The van der Waals surface area contributed by atoms with Crippen molar-refractivity contribution in [2.75, 3.05) is 18.3 Å². The molecule has 172 valence electrons. The highest BCUT2D eigenvalue weighted by Crippen LogP contribution is 2.44. The number of pyridine rings is 1. The number of ketones is 1. The Morgan fingerprint density at radius 2 is 1.88 bits per heavy atom. The van der Waals surface area contributed by atoms with Gasteiger partial charge < -0.3 is 19.3 Å². The van der Waals surface area contributed by atoms with E-state index in [0.29, 0.717) is 40.7 Å². The number of fused-ring (bicyclic) bond motifs is 1. The van der Waals surface area contributed by atoms with Gasteiger partial charge in [0.25, 0.3) is 11.7 Å². The molecule has 1 N–H and O–H groups in total. The van der Waals surface area contributed by atoms with Crippen LogP contribution in [0.5, 0.6) is 17.2 Å². The first-order chi connectivity index (χ1) is 16.6. The van der Waals surface area contributed by atoms with Gasteiger partial charge in [-0.25, -0.2) is 0 Å². The molecule has 1 atom stereocenters. The van der Waals surface area contributed by atoms with Crippen molar-refractivity contribution in [3.63, 3.8) is 0 Å². The first-order valence-electron chi connectivity index (χ1n) is 10.9. The topological polar surface area (TPSA) is 98.2 Å². The fraction of sp³-hybridized carbons (Fsp3) is 0.192. The fourth-order valence-corrected chi connectivity index (χ4v) is 4.10. The Morgan fingerprint density at radius 3 is 2.68 bits per heavy atom. The zero-order chi connectivity index (χ0) is 23.7. The van der Waals surface area contributed by atoms with E-state index in [4.69, 9.17) is 14.2 Å². The molecule has 0 radical (unpaired) electrons. The molecule has 3 aromatic rings. The van der Waals surface area contributed by atoms with Crippen LogP contribution >= 0.6 is 0 Å². The standard InChI is InChI=1S/C26H22N2O6/c1-2-12-32-19-5-3-4-17(13-19)24(29)22-23(16-8-10-27-11-9-16)28(26(31)25(22)30)18-6-7-20-21(14-18)34-15-33-20/h3-11,13-14,23,29H,2,12,15H2,1H3/b24-22+. The molecule has 8 heteroatoms. The van der Waals surface area contributed by atoms with Gasteiger partial charge in [-0.3, -0.25) is 19.5 Å². The number of hydrogen-bond acceptors (Lipinski definition) is 7. The number of hydrogen-bond donors (Lipinski definition) is 1. The lowest BCUT2D eigenvalue weighted by Gasteiger charge is -2.25. The molecule has 0 spiro atoms. The summed E-state index contributed by atoms with van der Waals surface area (Å²) in [4.78, 5) is 31.9. The molecular formula is C26H22N2O6. The van der Waals surface area contributed by atoms with Gasteiger partial charge in [0.15, 0.2) is 11.5 Å². The van der Waals surface area contributed by atoms with E-state index >= 15 is 0 Å². The van der Waals surface area contributed by atoms with Crippen molar-refractivity contribution in [1.29, 1.82) is 0 Å². The molecule has 2 aliphatic heterocycles. The Kier molecular flexibility index (Phi) is 5.63. The average Bonchev–Trinajstić information content (AvgIpc) is 3.45. The summed E-state index contributed by atoms with van der Waals surface area (Å²) in [7, 11) is 0. The fourth-order valence-electron chi connectivity index (χ4n) is 4.10. The van der Waals surface area contributed by atoms with Gasteiger partial charge >= 0.3 is 0 Å². The van der Waals surface area contributed by atoms with Gasteiger partial charge in [0.05, 0.1) is 18.2 Å². The summed E-state index contributed by atoms with van der Waals surface area (Å²) in [6, 6.07) is 14.4. The predicted molar refractivity (Wildman–Crippen MR) is 124 cm³/mol. The van der Waals surface area contributed by atoms with Crippen LogP contribution in [0.4, 0.5) is 5.69 Å². The number of carbonyl (C=O) groups is 2. The molecule has 1 saturated heterocycles. The van der Waals surface area contributed by atoms with Crippen LogP contribution in [0.15, 0.2) is 72.6 Å². The third kappa shape index (κ3) is 3.73. The Bertz CT molecular complexity index is 1290. The summed E-state index contributed by atoms with van der Waals surface area (Å²) in [5.74, 6) is -0.197. The van der Waals surface area contributed by atoms with Crippen molar-refractivity contribution in [2.24, 2.45) is 0 Å². The number of carbonyl (C=O) groups excluding carboxylic acids is 2. The van der Waals surface area contributed by atoms with E-state index in [9.17, 15) is 14.7 Å². The van der Waals surface area contributed by atoms with Crippen molar-refractivity contribution >= 4 is 23.1 Å². The van der Waals surface area contributed by atoms with E-state index in [-0.39, 0.29) is 18.1 Å². The van der Waals surface area contributed by atoms with Crippen molar-refractivity contribution < 1.29 is 28.9 Å². The summed E-state index contributed by atoms with van der Waals surface area (Å²) in [5, 5.41) is 11.3. The molecule has 1 fully saturated rings. The van der Waals surface area contributed by atoms with Crippen LogP contribution in [0.25, 0.3) is 5.76 Å². The lowest BCUT2D eigenvalue weighted by molar-refractivity contribution is -0.132. The van der Waals surface area contributed by atoms with Crippen LogP contribution in [-0.2, 0) is 9.59 Å². The third-order valence-corrected chi connectivity index (χ3v) is 5.68. The van der Waals surface area contributed by atoms with Gasteiger partial charge in [-0.2, -0.15) is 0 Å². The summed E-state index contributed by atoms with van der Waals surface area (Å²) in [6.07, 6.45) is 3.99. The number of nitrogens with zero attached hydrogens (tertiary/aromatic N) is 2. The van der Waals surface area contributed by atoms with E-state index < -0.39 is 17.7 Å². The van der Waals surface area contributed by atoms with Crippen LogP contribution in [0.2, 0.25) is 0 Å². The number of aliphatic hydroxyl groups excluding tert-OH is 1. The maximum absolute atomic E-state index is 13.3. The molecule has 2 aliphatic rings. The van der Waals surface area contributed by atoms with E-state index in [1.54, 1.807) is 67.0 Å². The molecule has 0 aliphatic carbocycles. The molecule has 8 nitrogen and oxygen atoms in total. The first-order valence-corrected chi connectivity index (χ1v) is 10.9. The van der Waals surface area contributed by atoms with Crippen LogP contribution in [0.3, 0.4) is 0 Å². The Labute approximate surface area is 196 Å². The lowest BCUT2D eigenvalue weighted by Crippen LogP contribution is -2.29. The van der Waals surface area contributed by atoms with E-state index in [1.165, 1.54) is 4.90 Å². The smallest absolute Gasteiger partial charge is 0.300 e. The second-order valence-corrected chi connectivity index (χ2v) is 7.86. The third-order valence-electron chi connectivity index (χ3n) is 5.68. The van der Waals surface area contributed by atoms with Crippen LogP contribution in [0, 0.1) is 0 Å². The lowest BCUT2D eigenvalue weighted by atomic mass is 9.95. The molecule has 5 rings (SSSR count). The number of amides is 1. The largest absolute Gasteiger partial charge is 0.507 e. The molecule has 0 bridgehead atoms. The second kappa shape index (κ2) is 8.90. The summed E-state index contributed by atoms with van der Waals surface area (Å²) >= 11 is 0. The van der Waals surface area contributed by atoms with Crippen LogP contribution in [-0.4, -0.2) is 35.2 Å². The Balaban J connectivity index is 1.64. The van der Waals surface area contributed by atoms with Gasteiger partial charge in [-0.15, -0.1) is 0 Å². The quantitative estimate of drug-likeness (QED) is 0.335. The zero-order valence-electron chi connectivity index (χ0n) is 18.4. The highest BCUT2D eigenvalue weighted by Gasteiger charge is 2.47. The van der Waals surface area contributed by atoms with Gasteiger partial charge in [0.1, 0.15) is 11.5 Å². The minimum Gasteiger partial charge on any atom is -0.507 e. The number of rotatable bonds is 6. The Morgan fingerprint density at radius 1 is 1.09 bits per heavy atom. The summed E-state index contributed by atoms with van der Waals surface area (Å²) < 4.78 is 16.5. The highest BCUT2D eigenvalue weighted by molar-refractivity contribution is 6.51. The first kappa shape index (κ1) is 21.5. The monoisotopic (exact) mass is 458 g/mol. The van der Waals surface area contributed by atoms with Crippen molar-refractivity contribution in [3.05, 3.63) is 83.7 Å². The molecule has 1 amide bonds. The zero-order valence-corrected chi connectivity index (χ0v) is 18.4. The summed E-state index contributed by atoms with van der Waals surface area (Å²) in [5.41, 5.74) is 1.46. The molecule has 0 saturated carbocycles. The highest BCUT2D eigenvalue weighted by atomic mass is 16.7. The van der Waals surface area contributed by atoms with Crippen molar-refractivity contribution in [2.45, 2.75) is 19.4 Å². The van der Waals surface area contributed by atoms with Crippen LogP contribution < -0.4 is 19.1 Å². The predicted octanol–water partition coefficient (Wildman–Crippen LogP) is 4.23. The van der Waals surface area contributed by atoms with Gasteiger partial charge in [0, 0.05) is 29.7 Å². The number of benzene rings is 2. The number of aliphatic hydroxyl groups is 1. The molecule has 1 unspecified atom stereocenters. The summed E-state index contributed by atoms with van der Waals surface area (Å²) in [6.45, 7) is 2.60. The van der Waals surface area contributed by atoms with Crippen LogP contribution in [0.1, 0.15) is 30.5 Å². The van der Waals surface area contributed by atoms with Gasteiger partial charge in [-0.1, -0.05) is 19.1 Å². The SMILES string of the molecule is CCCOc1cccc(/C(O)=C2\C(=O)C(=O)N(c3ccc4c(c3)OCO4)C2c2ccncc2)c1. The minimum absolute atomic E-state index is 0.0125. The average molecular weight is 458 g/mol. The molecule has 1 aromatic heterocycles. The molecular weight excluding hydrogens is 436 g/mol. The molecule has 2 aromatic carbocycles. The van der Waals surface area contributed by atoms with E-state index in [0.717, 1.165) is 6.42 Å². The van der Waals surface area contributed by atoms with Crippen molar-refractivity contribution in [1.82, 2.24) is 4.98 Å². The van der Waals surface area contributed by atoms with E-state index in [1.807, 2.05) is 6.92 Å². The second-order valence-electron chi connectivity index (χ2n) is 7.86. The minimum atomic E-state index is -0.858. The maximum Gasteiger partial charge on any atom is 0.300 e. The normalized spacial score (nSPS) is 18.4. The number of anilines is 1.